The van der Waals surface area contributed by atoms with Crippen LogP contribution in [0.4, 0.5) is 5.69 Å². The van der Waals surface area contributed by atoms with Gasteiger partial charge in [-0.3, -0.25) is 0 Å². The van der Waals surface area contributed by atoms with Gasteiger partial charge in [-0.15, -0.1) is 0 Å². The van der Waals surface area contributed by atoms with Crippen molar-refractivity contribution in [3.63, 3.8) is 0 Å². The largest absolute Gasteiger partial charge is 0.398 e. The Morgan fingerprint density at radius 3 is 2.81 bits per heavy atom. The minimum atomic E-state index is -3.53. The molecule has 0 amide bonds. The standard InChI is InChI=1S/C14H21BrN2O3S/c1-10-6-12(15)13(16)7-14(10)21(18,19)17(2)8-11-4-3-5-20-9-11/h6-7,11H,3-5,8-9,16H2,1-2H3. The Hall–Kier alpha value is -0.630. The van der Waals surface area contributed by atoms with E-state index in [1.807, 2.05) is 0 Å². The van der Waals surface area contributed by atoms with Crippen LogP contribution < -0.4 is 5.73 Å². The van der Waals surface area contributed by atoms with Crippen molar-refractivity contribution in [2.75, 3.05) is 32.5 Å². The summed E-state index contributed by atoms with van der Waals surface area (Å²) in [6.45, 7) is 3.64. The average molecular weight is 377 g/mol. The summed E-state index contributed by atoms with van der Waals surface area (Å²) < 4.78 is 32.9. The second-order valence-corrected chi connectivity index (χ2v) is 8.38. The molecule has 1 aromatic carbocycles. The fraction of sp³-hybridized carbons (Fsp3) is 0.571. The van der Waals surface area contributed by atoms with E-state index in [1.165, 1.54) is 10.4 Å². The lowest BCUT2D eigenvalue weighted by Gasteiger charge is -2.27. The van der Waals surface area contributed by atoms with Gasteiger partial charge in [0.2, 0.25) is 10.0 Å². The van der Waals surface area contributed by atoms with Crippen molar-refractivity contribution in [1.82, 2.24) is 4.31 Å². The topological polar surface area (TPSA) is 72.6 Å². The first-order chi connectivity index (χ1) is 9.82. The maximum absolute atomic E-state index is 12.7. The summed E-state index contributed by atoms with van der Waals surface area (Å²) in [5, 5.41) is 0. The fourth-order valence-electron chi connectivity index (χ4n) is 2.53. The molecule has 5 nitrogen and oxygen atoms in total. The van der Waals surface area contributed by atoms with Crippen LogP contribution in [0.3, 0.4) is 0 Å². The van der Waals surface area contributed by atoms with Crippen molar-refractivity contribution in [2.45, 2.75) is 24.7 Å². The van der Waals surface area contributed by atoms with E-state index in [9.17, 15) is 8.42 Å². The molecule has 0 radical (unpaired) electrons. The van der Waals surface area contributed by atoms with Gasteiger partial charge < -0.3 is 10.5 Å². The van der Waals surface area contributed by atoms with Crippen molar-refractivity contribution in [1.29, 1.82) is 0 Å². The van der Waals surface area contributed by atoms with Crippen molar-refractivity contribution in [3.05, 3.63) is 22.2 Å². The molecular formula is C14H21BrN2O3S. The number of aryl methyl sites for hydroxylation is 1. The molecule has 0 aromatic heterocycles. The first kappa shape index (κ1) is 16.7. The van der Waals surface area contributed by atoms with E-state index >= 15 is 0 Å². The van der Waals surface area contributed by atoms with Gasteiger partial charge in [-0.25, -0.2) is 12.7 Å². The molecule has 7 heteroatoms. The number of hydrogen-bond donors (Lipinski definition) is 1. The molecule has 1 heterocycles. The highest BCUT2D eigenvalue weighted by Crippen LogP contribution is 2.29. The third-order valence-electron chi connectivity index (χ3n) is 3.75. The molecule has 1 unspecified atom stereocenters. The van der Waals surface area contributed by atoms with E-state index in [0.717, 1.165) is 19.4 Å². The first-order valence-electron chi connectivity index (χ1n) is 6.92. The molecule has 1 aliphatic heterocycles. The third kappa shape index (κ3) is 3.77. The predicted octanol–water partition coefficient (Wildman–Crippen LogP) is 2.39. The number of anilines is 1. The monoisotopic (exact) mass is 376 g/mol. The Labute approximate surface area is 134 Å². The van der Waals surface area contributed by atoms with Crippen molar-refractivity contribution < 1.29 is 13.2 Å². The van der Waals surface area contributed by atoms with E-state index in [2.05, 4.69) is 15.9 Å². The normalized spacial score (nSPS) is 19.9. The van der Waals surface area contributed by atoms with Crippen LogP contribution >= 0.6 is 15.9 Å². The molecule has 1 aromatic rings. The van der Waals surface area contributed by atoms with E-state index < -0.39 is 10.0 Å². The molecule has 21 heavy (non-hydrogen) atoms. The highest BCUT2D eigenvalue weighted by atomic mass is 79.9. The highest BCUT2D eigenvalue weighted by Gasteiger charge is 2.27. The second kappa shape index (κ2) is 6.64. The van der Waals surface area contributed by atoms with Crippen molar-refractivity contribution in [3.8, 4) is 0 Å². The van der Waals surface area contributed by atoms with Crippen LogP contribution in [0, 0.1) is 12.8 Å². The van der Waals surface area contributed by atoms with Gasteiger partial charge in [0, 0.05) is 30.4 Å². The number of nitrogens with two attached hydrogens (primary N) is 1. The van der Waals surface area contributed by atoms with Crippen LogP contribution in [-0.2, 0) is 14.8 Å². The van der Waals surface area contributed by atoms with Crippen molar-refractivity contribution >= 4 is 31.6 Å². The Bertz CT molecular complexity index is 613. The summed E-state index contributed by atoms with van der Waals surface area (Å²) in [7, 11) is -1.92. The van der Waals surface area contributed by atoms with Gasteiger partial charge in [0.25, 0.3) is 0 Å². The summed E-state index contributed by atoms with van der Waals surface area (Å²) in [6, 6.07) is 3.25. The molecule has 118 valence electrons. The number of sulfonamides is 1. The van der Waals surface area contributed by atoms with Crippen molar-refractivity contribution in [2.24, 2.45) is 5.92 Å². The lowest BCUT2D eigenvalue weighted by molar-refractivity contribution is 0.0495. The van der Waals surface area contributed by atoms with Gasteiger partial charge >= 0.3 is 0 Å². The number of nitrogens with zero attached hydrogens (tertiary/aromatic N) is 1. The lowest BCUT2D eigenvalue weighted by atomic mass is 10.0. The smallest absolute Gasteiger partial charge is 0.243 e. The summed E-state index contributed by atoms with van der Waals surface area (Å²) in [5.74, 6) is 0.256. The van der Waals surface area contributed by atoms with Crippen LogP contribution in [0.2, 0.25) is 0 Å². The minimum Gasteiger partial charge on any atom is -0.398 e. The van der Waals surface area contributed by atoms with Gasteiger partial charge in [-0.2, -0.15) is 0 Å². The van der Waals surface area contributed by atoms with Gasteiger partial charge in [0.05, 0.1) is 11.5 Å². The molecule has 1 aliphatic rings. The van der Waals surface area contributed by atoms with Crippen LogP contribution in [0.25, 0.3) is 0 Å². The van der Waals surface area contributed by atoms with Crippen LogP contribution in [0.1, 0.15) is 18.4 Å². The SMILES string of the molecule is Cc1cc(Br)c(N)cc1S(=O)(=O)N(C)CC1CCCOC1. The predicted molar refractivity (Wildman–Crippen MR) is 86.7 cm³/mol. The molecule has 1 saturated heterocycles. The Morgan fingerprint density at radius 1 is 1.48 bits per heavy atom. The van der Waals surface area contributed by atoms with E-state index in [0.29, 0.717) is 28.9 Å². The Balaban J connectivity index is 2.22. The van der Waals surface area contributed by atoms with E-state index in [1.54, 1.807) is 20.0 Å². The molecule has 0 bridgehead atoms. The maximum Gasteiger partial charge on any atom is 0.243 e. The maximum atomic E-state index is 12.7. The number of hydrogen-bond acceptors (Lipinski definition) is 4. The van der Waals surface area contributed by atoms with Gasteiger partial charge in [0.1, 0.15) is 0 Å². The number of nitrogen functional groups attached to an aromatic ring is 1. The average Bonchev–Trinajstić information content (AvgIpc) is 2.43. The van der Waals surface area contributed by atoms with Gasteiger partial charge in [0.15, 0.2) is 0 Å². The second-order valence-electron chi connectivity index (χ2n) is 5.51. The summed E-state index contributed by atoms with van der Waals surface area (Å²) in [6.07, 6.45) is 1.99. The molecular weight excluding hydrogens is 356 g/mol. The molecule has 1 fully saturated rings. The zero-order chi connectivity index (χ0) is 15.6. The Morgan fingerprint density at radius 2 is 2.19 bits per heavy atom. The number of ether oxygens (including phenoxy) is 1. The van der Waals surface area contributed by atoms with Gasteiger partial charge in [-0.05, 0) is 59.3 Å². The van der Waals surface area contributed by atoms with E-state index in [4.69, 9.17) is 10.5 Å². The molecule has 0 saturated carbocycles. The van der Waals surface area contributed by atoms with Crippen LogP contribution in [-0.4, -0.2) is 39.5 Å². The molecule has 0 spiro atoms. The zero-order valence-corrected chi connectivity index (χ0v) is 14.7. The molecule has 2 N–H and O–H groups in total. The quantitative estimate of drug-likeness (QED) is 0.818. The first-order valence-corrected chi connectivity index (χ1v) is 9.15. The van der Waals surface area contributed by atoms with E-state index in [-0.39, 0.29) is 10.8 Å². The zero-order valence-electron chi connectivity index (χ0n) is 12.3. The third-order valence-corrected chi connectivity index (χ3v) is 6.40. The minimum absolute atomic E-state index is 0.256. The number of rotatable bonds is 4. The number of halogens is 1. The van der Waals surface area contributed by atoms with Crippen LogP contribution in [0.5, 0.6) is 0 Å². The number of benzene rings is 1. The lowest BCUT2D eigenvalue weighted by Crippen LogP contribution is -2.35. The van der Waals surface area contributed by atoms with Crippen LogP contribution in [0.15, 0.2) is 21.5 Å². The molecule has 2 rings (SSSR count). The summed E-state index contributed by atoms with van der Waals surface area (Å²) in [4.78, 5) is 0.266. The fourth-order valence-corrected chi connectivity index (χ4v) is 4.47. The molecule has 1 atom stereocenters. The summed E-state index contributed by atoms with van der Waals surface area (Å²) in [5.41, 5.74) is 6.93. The summed E-state index contributed by atoms with van der Waals surface area (Å²) >= 11 is 3.31. The molecule has 0 aliphatic carbocycles. The van der Waals surface area contributed by atoms with Gasteiger partial charge in [-0.1, -0.05) is 0 Å². The highest BCUT2D eigenvalue weighted by molar-refractivity contribution is 9.10. The Kier molecular flexibility index (Phi) is 5.29.